The number of anilines is 1. The van der Waals surface area contributed by atoms with Gasteiger partial charge in [-0.3, -0.25) is 4.79 Å². The Bertz CT molecular complexity index is 641. The lowest BCUT2D eigenvalue weighted by molar-refractivity contribution is 0.0723. The minimum atomic E-state index is 0.0762. The van der Waals surface area contributed by atoms with Crippen molar-refractivity contribution in [2.75, 3.05) is 12.3 Å². The Balaban J connectivity index is 1.87. The molecule has 0 bridgehead atoms. The van der Waals surface area contributed by atoms with Crippen molar-refractivity contribution in [3.63, 3.8) is 0 Å². The Morgan fingerprint density at radius 1 is 1.45 bits per heavy atom. The van der Waals surface area contributed by atoms with Crippen molar-refractivity contribution in [1.82, 2.24) is 9.47 Å². The second-order valence-electron chi connectivity index (χ2n) is 5.51. The third kappa shape index (κ3) is 2.22. The second kappa shape index (κ2) is 4.98. The third-order valence-electron chi connectivity index (χ3n) is 3.74. The summed E-state index contributed by atoms with van der Waals surface area (Å²) < 4.78 is 1.96. The Morgan fingerprint density at radius 2 is 2.25 bits per heavy atom. The van der Waals surface area contributed by atoms with Gasteiger partial charge < -0.3 is 15.2 Å². The van der Waals surface area contributed by atoms with Crippen LogP contribution in [0.15, 0.2) is 23.7 Å². The van der Waals surface area contributed by atoms with Crippen LogP contribution in [-0.4, -0.2) is 21.9 Å². The van der Waals surface area contributed by atoms with Crippen LogP contribution in [0.2, 0.25) is 0 Å². The van der Waals surface area contributed by atoms with Crippen LogP contribution in [0.1, 0.15) is 40.8 Å². The first-order valence-corrected chi connectivity index (χ1v) is 7.76. The zero-order valence-corrected chi connectivity index (χ0v) is 12.6. The lowest BCUT2D eigenvalue weighted by Crippen LogP contribution is -2.36. The fourth-order valence-electron chi connectivity index (χ4n) is 2.68. The number of amides is 1. The van der Waals surface area contributed by atoms with Crippen LogP contribution in [0.5, 0.6) is 0 Å². The lowest BCUT2D eigenvalue weighted by Gasteiger charge is -2.27. The number of nitrogens with two attached hydrogens (primary N) is 1. The largest absolute Gasteiger partial charge is 0.397 e. The predicted molar refractivity (Wildman–Crippen MR) is 82.0 cm³/mol. The zero-order valence-electron chi connectivity index (χ0n) is 11.8. The van der Waals surface area contributed by atoms with Gasteiger partial charge in [0.25, 0.3) is 5.91 Å². The van der Waals surface area contributed by atoms with Crippen molar-refractivity contribution in [2.24, 2.45) is 0 Å². The molecule has 0 aliphatic carbocycles. The fraction of sp³-hybridized carbons (Fsp3) is 0.400. The van der Waals surface area contributed by atoms with Crippen LogP contribution in [0, 0.1) is 0 Å². The van der Waals surface area contributed by atoms with Crippen LogP contribution in [0.3, 0.4) is 0 Å². The summed E-state index contributed by atoms with van der Waals surface area (Å²) in [5, 5.41) is 2.10. The van der Waals surface area contributed by atoms with Crippen molar-refractivity contribution in [3.05, 3.63) is 39.8 Å². The molecular weight excluding hydrogens is 270 g/mol. The molecule has 0 aromatic carbocycles. The Labute approximate surface area is 122 Å². The summed E-state index contributed by atoms with van der Waals surface area (Å²) in [7, 11) is 0. The van der Waals surface area contributed by atoms with E-state index in [-0.39, 0.29) is 11.9 Å². The SMILES string of the molecule is CC(C)n1cc(N)cc1C(=O)N1CCc2sccc2C1. The summed E-state index contributed by atoms with van der Waals surface area (Å²) in [6.07, 6.45) is 2.80. The molecule has 3 heterocycles. The molecule has 2 N–H and O–H groups in total. The first-order valence-electron chi connectivity index (χ1n) is 6.88. The molecule has 0 atom stereocenters. The highest BCUT2D eigenvalue weighted by Gasteiger charge is 2.25. The predicted octanol–water partition coefficient (Wildman–Crippen LogP) is 2.91. The number of nitrogens with zero attached hydrogens (tertiary/aromatic N) is 2. The summed E-state index contributed by atoms with van der Waals surface area (Å²) in [5.41, 5.74) is 8.48. The van der Waals surface area contributed by atoms with Gasteiger partial charge in [-0.05, 0) is 43.3 Å². The first-order chi connectivity index (χ1) is 9.56. The van der Waals surface area contributed by atoms with Gasteiger partial charge in [-0.1, -0.05) is 0 Å². The topological polar surface area (TPSA) is 51.3 Å². The van der Waals surface area contributed by atoms with Gasteiger partial charge in [0, 0.05) is 30.2 Å². The van der Waals surface area contributed by atoms with Crippen molar-refractivity contribution in [1.29, 1.82) is 0 Å². The van der Waals surface area contributed by atoms with Gasteiger partial charge in [-0.25, -0.2) is 0 Å². The van der Waals surface area contributed by atoms with E-state index in [1.165, 1.54) is 10.4 Å². The van der Waals surface area contributed by atoms with E-state index >= 15 is 0 Å². The minimum absolute atomic E-state index is 0.0762. The average Bonchev–Trinajstić information content (AvgIpc) is 3.02. The molecular formula is C15H19N3OS. The molecule has 2 aromatic rings. The van der Waals surface area contributed by atoms with Crippen LogP contribution >= 0.6 is 11.3 Å². The number of thiophene rings is 1. The third-order valence-corrected chi connectivity index (χ3v) is 4.76. The van der Waals surface area contributed by atoms with E-state index in [2.05, 4.69) is 25.3 Å². The standard InChI is InChI=1S/C15H19N3OS/c1-10(2)18-9-12(16)7-13(18)15(19)17-5-3-14-11(8-17)4-6-20-14/h4,6-7,9-10H,3,5,8,16H2,1-2H3. The number of hydrogen-bond acceptors (Lipinski definition) is 3. The molecule has 0 saturated heterocycles. The van der Waals surface area contributed by atoms with Gasteiger partial charge >= 0.3 is 0 Å². The molecule has 20 heavy (non-hydrogen) atoms. The van der Waals surface area contributed by atoms with Crippen molar-refractivity contribution in [3.8, 4) is 0 Å². The van der Waals surface area contributed by atoms with Crippen LogP contribution in [0.4, 0.5) is 5.69 Å². The van der Waals surface area contributed by atoms with Crippen LogP contribution in [0.25, 0.3) is 0 Å². The molecule has 3 rings (SSSR count). The smallest absolute Gasteiger partial charge is 0.270 e. The summed E-state index contributed by atoms with van der Waals surface area (Å²) in [5.74, 6) is 0.0762. The number of aromatic nitrogens is 1. The molecule has 0 unspecified atom stereocenters. The maximum Gasteiger partial charge on any atom is 0.270 e. The minimum Gasteiger partial charge on any atom is -0.397 e. The molecule has 1 aliphatic heterocycles. The van der Waals surface area contributed by atoms with E-state index in [0.29, 0.717) is 17.9 Å². The maximum atomic E-state index is 12.7. The number of nitrogen functional groups attached to an aromatic ring is 1. The summed E-state index contributed by atoms with van der Waals surface area (Å²) in [6, 6.07) is 4.13. The molecule has 4 nitrogen and oxygen atoms in total. The van der Waals surface area contributed by atoms with E-state index in [4.69, 9.17) is 5.73 Å². The highest BCUT2D eigenvalue weighted by atomic mass is 32.1. The molecule has 0 saturated carbocycles. The monoisotopic (exact) mass is 289 g/mol. The molecule has 0 fully saturated rings. The number of fused-ring (bicyclic) bond motifs is 1. The van der Waals surface area contributed by atoms with Gasteiger partial charge in [0.2, 0.25) is 0 Å². The van der Waals surface area contributed by atoms with Gasteiger partial charge in [-0.15, -0.1) is 11.3 Å². The van der Waals surface area contributed by atoms with Gasteiger partial charge in [0.1, 0.15) is 5.69 Å². The van der Waals surface area contributed by atoms with E-state index in [9.17, 15) is 4.79 Å². The quantitative estimate of drug-likeness (QED) is 0.924. The highest BCUT2D eigenvalue weighted by Crippen LogP contribution is 2.26. The number of carbonyl (C=O) groups is 1. The van der Waals surface area contributed by atoms with Gasteiger partial charge in [0.05, 0.1) is 5.69 Å². The molecule has 0 radical (unpaired) electrons. The average molecular weight is 289 g/mol. The normalized spacial score (nSPS) is 14.7. The molecule has 1 amide bonds. The van der Waals surface area contributed by atoms with Crippen molar-refractivity contribution < 1.29 is 4.79 Å². The van der Waals surface area contributed by atoms with Crippen molar-refractivity contribution in [2.45, 2.75) is 32.9 Å². The summed E-state index contributed by atoms with van der Waals surface area (Å²) in [4.78, 5) is 16.1. The highest BCUT2D eigenvalue weighted by molar-refractivity contribution is 7.10. The molecule has 1 aliphatic rings. The maximum absolute atomic E-state index is 12.7. The zero-order chi connectivity index (χ0) is 14.3. The Kier molecular flexibility index (Phi) is 3.30. The van der Waals surface area contributed by atoms with Crippen LogP contribution < -0.4 is 5.73 Å². The van der Waals surface area contributed by atoms with E-state index in [1.807, 2.05) is 15.7 Å². The Hall–Kier alpha value is -1.75. The summed E-state index contributed by atoms with van der Waals surface area (Å²) in [6.45, 7) is 5.61. The van der Waals surface area contributed by atoms with Crippen molar-refractivity contribution >= 4 is 22.9 Å². The summed E-state index contributed by atoms with van der Waals surface area (Å²) >= 11 is 1.78. The number of hydrogen-bond donors (Lipinski definition) is 1. The molecule has 2 aromatic heterocycles. The lowest BCUT2D eigenvalue weighted by atomic mass is 10.1. The number of carbonyl (C=O) groups excluding carboxylic acids is 1. The van der Waals surface area contributed by atoms with Gasteiger partial charge in [-0.2, -0.15) is 0 Å². The van der Waals surface area contributed by atoms with E-state index in [0.717, 1.165) is 13.0 Å². The van der Waals surface area contributed by atoms with E-state index in [1.54, 1.807) is 17.4 Å². The molecule has 106 valence electrons. The second-order valence-corrected chi connectivity index (χ2v) is 6.51. The number of rotatable bonds is 2. The van der Waals surface area contributed by atoms with Crippen LogP contribution in [-0.2, 0) is 13.0 Å². The molecule has 5 heteroatoms. The fourth-order valence-corrected chi connectivity index (χ4v) is 3.57. The van der Waals surface area contributed by atoms with Gasteiger partial charge in [0.15, 0.2) is 0 Å². The first kappa shape index (κ1) is 13.2. The van der Waals surface area contributed by atoms with E-state index < -0.39 is 0 Å². The molecule has 0 spiro atoms. The Morgan fingerprint density at radius 3 is 3.00 bits per heavy atom.